The number of carbonyl (C=O) groups is 1. The van der Waals surface area contributed by atoms with E-state index in [0.717, 1.165) is 18.5 Å². The summed E-state index contributed by atoms with van der Waals surface area (Å²) in [5.41, 5.74) is 0.242. The van der Waals surface area contributed by atoms with Gasteiger partial charge in [-0.1, -0.05) is 5.16 Å². The second kappa shape index (κ2) is 5.83. The molecule has 0 spiro atoms. The molecule has 1 amide bonds. The predicted octanol–water partition coefficient (Wildman–Crippen LogP) is 2.89. The molecule has 6 heteroatoms. The molecule has 1 unspecified atom stereocenters. The van der Waals surface area contributed by atoms with Crippen molar-refractivity contribution < 1.29 is 18.8 Å². The summed E-state index contributed by atoms with van der Waals surface area (Å²) in [7, 11) is 1.61. The Labute approximate surface area is 119 Å². The van der Waals surface area contributed by atoms with Gasteiger partial charge in [0.15, 0.2) is 5.76 Å². The standard InChI is InChI=1S/C14H22N2O4/c1-14(2,3)19-13(17)16-7-5-6-11(16)12-8-10(9-18-4)15-20-12/h8,11H,5-7,9H2,1-4H3. The highest BCUT2D eigenvalue weighted by Gasteiger charge is 2.35. The van der Waals surface area contributed by atoms with E-state index in [0.29, 0.717) is 18.9 Å². The molecule has 2 heterocycles. The first-order valence-electron chi connectivity index (χ1n) is 6.85. The number of methoxy groups -OCH3 is 1. The molecule has 0 N–H and O–H groups in total. The maximum absolute atomic E-state index is 12.2. The Balaban J connectivity index is 2.08. The molecule has 0 aliphatic carbocycles. The van der Waals surface area contributed by atoms with Crippen LogP contribution in [-0.4, -0.2) is 35.4 Å². The summed E-state index contributed by atoms with van der Waals surface area (Å²) in [6.45, 7) is 6.67. The zero-order valence-electron chi connectivity index (χ0n) is 12.5. The zero-order valence-corrected chi connectivity index (χ0v) is 12.5. The van der Waals surface area contributed by atoms with Gasteiger partial charge in [-0.05, 0) is 33.6 Å². The molecule has 0 radical (unpaired) electrons. The minimum absolute atomic E-state index is 0.0945. The first kappa shape index (κ1) is 14.8. The third-order valence-electron chi connectivity index (χ3n) is 3.08. The van der Waals surface area contributed by atoms with Crippen molar-refractivity contribution in [2.45, 2.75) is 51.9 Å². The lowest BCUT2D eigenvalue weighted by atomic mass is 10.1. The molecular weight excluding hydrogens is 260 g/mol. The molecule has 1 aromatic rings. The maximum Gasteiger partial charge on any atom is 0.410 e. The molecule has 6 nitrogen and oxygen atoms in total. The zero-order chi connectivity index (χ0) is 14.8. The third kappa shape index (κ3) is 3.50. The van der Waals surface area contributed by atoms with Crippen molar-refractivity contribution >= 4 is 6.09 Å². The van der Waals surface area contributed by atoms with E-state index < -0.39 is 5.60 Å². The van der Waals surface area contributed by atoms with Gasteiger partial charge < -0.3 is 14.0 Å². The topological polar surface area (TPSA) is 64.8 Å². The van der Waals surface area contributed by atoms with Crippen LogP contribution < -0.4 is 0 Å². The number of likely N-dealkylation sites (tertiary alicyclic amines) is 1. The molecule has 1 aromatic heterocycles. The van der Waals surface area contributed by atoms with Crippen molar-refractivity contribution in [2.24, 2.45) is 0 Å². The van der Waals surface area contributed by atoms with Gasteiger partial charge in [0.2, 0.25) is 0 Å². The molecule has 0 saturated carbocycles. The number of carbonyl (C=O) groups excluding carboxylic acids is 1. The van der Waals surface area contributed by atoms with Crippen LogP contribution in [0.15, 0.2) is 10.6 Å². The molecule has 112 valence electrons. The predicted molar refractivity (Wildman–Crippen MR) is 72.1 cm³/mol. The lowest BCUT2D eigenvalue weighted by Gasteiger charge is -2.27. The summed E-state index contributed by atoms with van der Waals surface area (Å²) in [6.07, 6.45) is 1.50. The average molecular weight is 282 g/mol. The number of ether oxygens (including phenoxy) is 2. The number of hydrogen-bond donors (Lipinski definition) is 0. The van der Waals surface area contributed by atoms with Crippen LogP contribution in [0.5, 0.6) is 0 Å². The van der Waals surface area contributed by atoms with Gasteiger partial charge in [-0.25, -0.2) is 4.79 Å². The molecule has 0 bridgehead atoms. The van der Waals surface area contributed by atoms with E-state index in [1.807, 2.05) is 26.8 Å². The molecular formula is C14H22N2O4. The van der Waals surface area contributed by atoms with E-state index in [4.69, 9.17) is 14.0 Å². The van der Waals surface area contributed by atoms with E-state index in [2.05, 4.69) is 5.16 Å². The highest BCUT2D eigenvalue weighted by molar-refractivity contribution is 5.69. The molecule has 1 atom stereocenters. The Hall–Kier alpha value is -1.56. The van der Waals surface area contributed by atoms with Gasteiger partial charge in [-0.3, -0.25) is 4.90 Å². The smallest absolute Gasteiger partial charge is 0.410 e. The van der Waals surface area contributed by atoms with Crippen LogP contribution in [-0.2, 0) is 16.1 Å². The summed E-state index contributed by atoms with van der Waals surface area (Å²) in [4.78, 5) is 13.9. The van der Waals surface area contributed by atoms with Crippen molar-refractivity contribution in [3.8, 4) is 0 Å². The quantitative estimate of drug-likeness (QED) is 0.853. The molecule has 1 aliphatic rings. The fraction of sp³-hybridized carbons (Fsp3) is 0.714. The van der Waals surface area contributed by atoms with Crippen LogP contribution in [0, 0.1) is 0 Å². The van der Waals surface area contributed by atoms with Crippen molar-refractivity contribution in [3.05, 3.63) is 17.5 Å². The van der Waals surface area contributed by atoms with Gasteiger partial charge in [0.25, 0.3) is 0 Å². The van der Waals surface area contributed by atoms with E-state index in [9.17, 15) is 4.79 Å². The van der Waals surface area contributed by atoms with E-state index >= 15 is 0 Å². The summed E-state index contributed by atoms with van der Waals surface area (Å²) in [6, 6.07) is 1.75. The molecule has 2 rings (SSSR count). The van der Waals surface area contributed by atoms with E-state index in [-0.39, 0.29) is 12.1 Å². The van der Waals surface area contributed by atoms with Gasteiger partial charge in [-0.15, -0.1) is 0 Å². The van der Waals surface area contributed by atoms with Gasteiger partial charge in [0.05, 0.1) is 12.6 Å². The van der Waals surface area contributed by atoms with Gasteiger partial charge in [0, 0.05) is 19.7 Å². The fourth-order valence-corrected chi connectivity index (χ4v) is 2.30. The summed E-state index contributed by atoms with van der Waals surface area (Å²) < 4.78 is 15.8. The largest absolute Gasteiger partial charge is 0.444 e. The summed E-state index contributed by atoms with van der Waals surface area (Å²) in [5.74, 6) is 0.695. The molecule has 1 fully saturated rings. The Morgan fingerprint density at radius 2 is 2.30 bits per heavy atom. The monoisotopic (exact) mass is 282 g/mol. The minimum atomic E-state index is -0.493. The van der Waals surface area contributed by atoms with E-state index in [1.165, 1.54) is 0 Å². The first-order valence-corrected chi connectivity index (χ1v) is 6.85. The lowest BCUT2D eigenvalue weighted by Crippen LogP contribution is -2.36. The van der Waals surface area contributed by atoms with Crippen LogP contribution in [0.3, 0.4) is 0 Å². The summed E-state index contributed by atoms with van der Waals surface area (Å²) >= 11 is 0. The molecule has 1 saturated heterocycles. The van der Waals surface area contributed by atoms with Crippen LogP contribution in [0.25, 0.3) is 0 Å². The average Bonchev–Trinajstić information content (AvgIpc) is 2.93. The molecule has 0 aromatic carbocycles. The number of hydrogen-bond acceptors (Lipinski definition) is 5. The van der Waals surface area contributed by atoms with Crippen molar-refractivity contribution in [1.82, 2.24) is 10.1 Å². The Bertz CT molecular complexity index is 464. The SMILES string of the molecule is COCc1cc(C2CCCN2C(=O)OC(C)(C)C)on1. The van der Waals surface area contributed by atoms with Gasteiger partial charge in [-0.2, -0.15) is 0 Å². The molecule has 1 aliphatic heterocycles. The third-order valence-corrected chi connectivity index (χ3v) is 3.08. The number of aromatic nitrogens is 1. The highest BCUT2D eigenvalue weighted by atomic mass is 16.6. The van der Waals surface area contributed by atoms with Gasteiger partial charge in [0.1, 0.15) is 11.3 Å². The van der Waals surface area contributed by atoms with E-state index in [1.54, 1.807) is 12.0 Å². The minimum Gasteiger partial charge on any atom is -0.444 e. The lowest BCUT2D eigenvalue weighted by molar-refractivity contribution is 0.0204. The van der Waals surface area contributed by atoms with Crippen molar-refractivity contribution in [2.75, 3.05) is 13.7 Å². The maximum atomic E-state index is 12.2. The highest BCUT2D eigenvalue weighted by Crippen LogP contribution is 2.33. The van der Waals surface area contributed by atoms with Crippen LogP contribution >= 0.6 is 0 Å². The second-order valence-corrected chi connectivity index (χ2v) is 5.99. The second-order valence-electron chi connectivity index (χ2n) is 5.99. The summed E-state index contributed by atoms with van der Waals surface area (Å²) in [5, 5.41) is 3.94. The van der Waals surface area contributed by atoms with Crippen LogP contribution in [0.4, 0.5) is 4.79 Å². The Kier molecular flexibility index (Phi) is 4.32. The Morgan fingerprint density at radius 3 is 2.95 bits per heavy atom. The molecule has 20 heavy (non-hydrogen) atoms. The van der Waals surface area contributed by atoms with Gasteiger partial charge >= 0.3 is 6.09 Å². The number of amides is 1. The van der Waals surface area contributed by atoms with Crippen molar-refractivity contribution in [3.63, 3.8) is 0 Å². The number of nitrogens with zero attached hydrogens (tertiary/aromatic N) is 2. The fourth-order valence-electron chi connectivity index (χ4n) is 2.30. The van der Waals surface area contributed by atoms with Crippen LogP contribution in [0.2, 0.25) is 0 Å². The normalized spacial score (nSPS) is 19.4. The van der Waals surface area contributed by atoms with Crippen LogP contribution in [0.1, 0.15) is 51.1 Å². The first-order chi connectivity index (χ1) is 9.40. The Morgan fingerprint density at radius 1 is 1.55 bits per heavy atom. The van der Waals surface area contributed by atoms with Crippen molar-refractivity contribution in [1.29, 1.82) is 0 Å². The number of rotatable bonds is 3.